The highest BCUT2D eigenvalue weighted by molar-refractivity contribution is 5.86. The predicted molar refractivity (Wildman–Crippen MR) is 121 cm³/mol. The second-order valence-corrected chi connectivity index (χ2v) is 9.09. The molecule has 1 aromatic heterocycles. The Balaban J connectivity index is 1.72. The molecule has 1 fully saturated rings. The number of nitrogens with one attached hydrogen (secondary N) is 1. The van der Waals surface area contributed by atoms with Crippen molar-refractivity contribution in [1.82, 2.24) is 14.9 Å². The number of alkyl halides is 4. The van der Waals surface area contributed by atoms with Crippen molar-refractivity contribution < 1.29 is 46.1 Å². The molecule has 1 atom stereocenters. The van der Waals surface area contributed by atoms with E-state index in [0.717, 1.165) is 6.07 Å². The third kappa shape index (κ3) is 4.89. The average Bonchev–Trinajstić information content (AvgIpc) is 3.33. The van der Waals surface area contributed by atoms with Gasteiger partial charge in [-0.3, -0.25) is 4.79 Å². The fraction of sp³-hybridized carbons (Fsp3) is 0.500. The van der Waals surface area contributed by atoms with Crippen LogP contribution in [0.4, 0.5) is 27.8 Å². The summed E-state index contributed by atoms with van der Waals surface area (Å²) in [6.45, 7) is 1.60. The van der Waals surface area contributed by atoms with E-state index in [9.17, 15) is 31.5 Å². The SMILES string of the molecule is COC1(C(=O)N2Cc3nc(C(F)(F)C(=O)O)nc(N[C@H](C)c4cccc(C(F)F)c4F)c3C2)CCOCC1. The summed E-state index contributed by atoms with van der Waals surface area (Å²) < 4.78 is 80.9. The lowest BCUT2D eigenvalue weighted by Gasteiger charge is -2.37. The van der Waals surface area contributed by atoms with E-state index in [1.165, 1.54) is 31.1 Å². The summed E-state index contributed by atoms with van der Waals surface area (Å²) in [5, 5.41) is 11.8. The largest absolute Gasteiger partial charge is 0.476 e. The van der Waals surface area contributed by atoms with Crippen LogP contribution in [0.5, 0.6) is 0 Å². The monoisotopic (exact) mass is 544 g/mol. The molecule has 0 bridgehead atoms. The van der Waals surface area contributed by atoms with E-state index in [0.29, 0.717) is 0 Å². The van der Waals surface area contributed by atoms with Crippen LogP contribution < -0.4 is 5.32 Å². The molecule has 2 aliphatic rings. The molecule has 38 heavy (non-hydrogen) atoms. The Morgan fingerprint density at radius 2 is 1.84 bits per heavy atom. The topological polar surface area (TPSA) is 114 Å². The highest BCUT2D eigenvalue weighted by Crippen LogP contribution is 2.37. The smallest absolute Gasteiger partial charge is 0.400 e. The minimum Gasteiger partial charge on any atom is -0.476 e. The molecule has 4 rings (SSSR count). The van der Waals surface area contributed by atoms with Crippen LogP contribution in [0, 0.1) is 5.82 Å². The Labute approximate surface area is 214 Å². The summed E-state index contributed by atoms with van der Waals surface area (Å²) in [6, 6.07) is 2.35. The first-order valence-electron chi connectivity index (χ1n) is 11.7. The van der Waals surface area contributed by atoms with Gasteiger partial charge < -0.3 is 24.8 Å². The van der Waals surface area contributed by atoms with Crippen LogP contribution in [0.1, 0.15) is 60.4 Å². The molecule has 1 saturated heterocycles. The molecule has 2 aliphatic heterocycles. The van der Waals surface area contributed by atoms with E-state index in [1.54, 1.807) is 0 Å². The first-order valence-corrected chi connectivity index (χ1v) is 11.7. The number of anilines is 1. The minimum absolute atomic E-state index is 0.0286. The molecular formula is C24H25F5N4O5. The molecule has 2 N–H and O–H groups in total. The number of methoxy groups -OCH3 is 1. The number of hydrogen-bond acceptors (Lipinski definition) is 7. The summed E-state index contributed by atoms with van der Waals surface area (Å²) in [6.07, 6.45) is -2.54. The number of amides is 1. The number of rotatable bonds is 8. The molecular weight excluding hydrogens is 519 g/mol. The molecule has 1 amide bonds. The van der Waals surface area contributed by atoms with Gasteiger partial charge >= 0.3 is 11.9 Å². The average molecular weight is 544 g/mol. The number of halogens is 5. The fourth-order valence-electron chi connectivity index (χ4n) is 4.60. The molecule has 206 valence electrons. The number of aromatic nitrogens is 2. The maximum Gasteiger partial charge on any atom is 0.400 e. The number of ether oxygens (including phenoxy) is 2. The Morgan fingerprint density at radius 1 is 1.18 bits per heavy atom. The molecule has 3 heterocycles. The maximum absolute atomic E-state index is 14.8. The summed E-state index contributed by atoms with van der Waals surface area (Å²) in [5.41, 5.74) is -2.03. The number of carboxylic acids is 1. The van der Waals surface area contributed by atoms with Gasteiger partial charge in [0.05, 0.1) is 30.4 Å². The van der Waals surface area contributed by atoms with E-state index >= 15 is 0 Å². The molecule has 2 aromatic rings. The van der Waals surface area contributed by atoms with Gasteiger partial charge in [-0.25, -0.2) is 27.9 Å². The van der Waals surface area contributed by atoms with Gasteiger partial charge in [0.25, 0.3) is 12.3 Å². The molecule has 0 spiro atoms. The van der Waals surface area contributed by atoms with Crippen LogP contribution in [0.2, 0.25) is 0 Å². The molecule has 0 radical (unpaired) electrons. The summed E-state index contributed by atoms with van der Waals surface area (Å²) >= 11 is 0. The standard InChI is InChI=1S/C24H25F5N4O5/c1-12(13-4-3-5-14(17(13)25)18(26)27)30-19-15-10-33(21(34)23(37-2)6-8-38-9-7-23)11-16(15)31-20(32-19)24(28,29)22(35)36/h3-5,12,18H,6-11H2,1-2H3,(H,35,36)(H,30,31,32)/t12-/m1/s1. The van der Waals surface area contributed by atoms with Crippen molar-refractivity contribution in [2.45, 2.75) is 56.8 Å². The number of carboxylic acid groups (broad SMARTS) is 1. The lowest BCUT2D eigenvalue weighted by atomic mass is 9.92. The van der Waals surface area contributed by atoms with Crippen LogP contribution in [0.15, 0.2) is 18.2 Å². The second kappa shape index (κ2) is 10.4. The Morgan fingerprint density at radius 3 is 2.45 bits per heavy atom. The molecule has 0 aliphatic carbocycles. The van der Waals surface area contributed by atoms with Crippen molar-refractivity contribution in [3.8, 4) is 0 Å². The predicted octanol–water partition coefficient (Wildman–Crippen LogP) is 3.94. The highest BCUT2D eigenvalue weighted by Gasteiger charge is 2.48. The van der Waals surface area contributed by atoms with Gasteiger partial charge in [0.15, 0.2) is 5.60 Å². The van der Waals surface area contributed by atoms with E-state index in [4.69, 9.17) is 14.6 Å². The van der Waals surface area contributed by atoms with Crippen LogP contribution in [0.25, 0.3) is 0 Å². The Kier molecular flexibility index (Phi) is 7.57. The van der Waals surface area contributed by atoms with Crippen LogP contribution in [-0.2, 0) is 38.1 Å². The number of benzene rings is 1. The number of fused-ring (bicyclic) bond motifs is 1. The number of carbonyl (C=O) groups excluding carboxylic acids is 1. The molecule has 1 aromatic carbocycles. The Bertz CT molecular complexity index is 1240. The van der Waals surface area contributed by atoms with E-state index in [1.807, 2.05) is 0 Å². The van der Waals surface area contributed by atoms with Crippen LogP contribution in [-0.4, -0.2) is 57.8 Å². The van der Waals surface area contributed by atoms with E-state index < -0.39 is 53.1 Å². The number of hydrogen-bond donors (Lipinski definition) is 2. The summed E-state index contributed by atoms with van der Waals surface area (Å²) in [4.78, 5) is 33.4. The normalized spacial score (nSPS) is 17.8. The van der Waals surface area contributed by atoms with Crippen molar-refractivity contribution in [1.29, 1.82) is 0 Å². The zero-order valence-corrected chi connectivity index (χ0v) is 20.4. The molecule has 14 heteroatoms. The van der Waals surface area contributed by atoms with Gasteiger partial charge in [0, 0.05) is 44.3 Å². The zero-order valence-electron chi connectivity index (χ0n) is 20.4. The van der Waals surface area contributed by atoms with Crippen molar-refractivity contribution in [2.75, 3.05) is 25.6 Å². The van der Waals surface area contributed by atoms with E-state index in [-0.39, 0.29) is 61.8 Å². The lowest BCUT2D eigenvalue weighted by Crippen LogP contribution is -2.51. The third-order valence-corrected chi connectivity index (χ3v) is 6.81. The van der Waals surface area contributed by atoms with Crippen molar-refractivity contribution in [3.05, 3.63) is 52.2 Å². The highest BCUT2D eigenvalue weighted by atomic mass is 19.3. The number of carbonyl (C=O) groups is 2. The molecule has 0 unspecified atom stereocenters. The summed E-state index contributed by atoms with van der Waals surface area (Å²) in [7, 11) is 1.38. The minimum atomic E-state index is -4.47. The first-order chi connectivity index (χ1) is 17.9. The van der Waals surface area contributed by atoms with Gasteiger partial charge in [-0.05, 0) is 6.92 Å². The van der Waals surface area contributed by atoms with Crippen LogP contribution in [0.3, 0.4) is 0 Å². The van der Waals surface area contributed by atoms with Crippen molar-refractivity contribution >= 4 is 17.7 Å². The fourth-order valence-corrected chi connectivity index (χ4v) is 4.60. The van der Waals surface area contributed by atoms with Gasteiger partial charge in [0.2, 0.25) is 5.82 Å². The van der Waals surface area contributed by atoms with Gasteiger partial charge in [-0.1, -0.05) is 18.2 Å². The second-order valence-electron chi connectivity index (χ2n) is 9.09. The van der Waals surface area contributed by atoms with Crippen molar-refractivity contribution in [3.63, 3.8) is 0 Å². The third-order valence-electron chi connectivity index (χ3n) is 6.81. The van der Waals surface area contributed by atoms with Gasteiger partial charge in [0.1, 0.15) is 11.6 Å². The molecule has 9 nitrogen and oxygen atoms in total. The zero-order chi connectivity index (χ0) is 27.8. The summed E-state index contributed by atoms with van der Waals surface area (Å²) in [5.74, 6) is -10.2. The van der Waals surface area contributed by atoms with Crippen molar-refractivity contribution in [2.24, 2.45) is 0 Å². The van der Waals surface area contributed by atoms with Gasteiger partial charge in [-0.15, -0.1) is 0 Å². The first kappa shape index (κ1) is 27.6. The lowest BCUT2D eigenvalue weighted by molar-refractivity contribution is -0.168. The van der Waals surface area contributed by atoms with Crippen LogP contribution >= 0.6 is 0 Å². The number of aliphatic carboxylic acids is 1. The number of nitrogens with zero attached hydrogens (tertiary/aromatic N) is 3. The van der Waals surface area contributed by atoms with Gasteiger partial charge in [-0.2, -0.15) is 8.78 Å². The van der Waals surface area contributed by atoms with E-state index in [2.05, 4.69) is 15.3 Å². The quantitative estimate of drug-likeness (QED) is 0.481. The molecule has 0 saturated carbocycles. The Hall–Kier alpha value is -3.39. The maximum atomic E-state index is 14.8.